The van der Waals surface area contributed by atoms with Crippen molar-refractivity contribution in [2.24, 2.45) is 0 Å². The number of anilines is 1. The van der Waals surface area contributed by atoms with Gasteiger partial charge in [-0.3, -0.25) is 14.4 Å². The molecular weight excluding hydrogens is 345 g/mol. The van der Waals surface area contributed by atoms with E-state index in [2.05, 4.69) is 4.98 Å². The first-order valence-electron chi connectivity index (χ1n) is 6.84. The number of alkyl halides is 3. The quantitative estimate of drug-likeness (QED) is 0.624. The molecule has 2 amide bonds. The molecule has 0 unspecified atom stereocenters. The van der Waals surface area contributed by atoms with Gasteiger partial charge in [0.1, 0.15) is 10.6 Å². The van der Waals surface area contributed by atoms with E-state index in [9.17, 15) is 27.6 Å². The lowest BCUT2D eigenvalue weighted by molar-refractivity contribution is -0.134. The molecule has 1 aliphatic heterocycles. The maximum atomic E-state index is 13.1. The number of aromatic nitrogens is 1. The van der Waals surface area contributed by atoms with Gasteiger partial charge in [0, 0.05) is 6.42 Å². The molecular formula is C15H9F3N2O3S. The Kier molecular flexibility index (Phi) is 3.75. The van der Waals surface area contributed by atoms with Crippen molar-refractivity contribution >= 4 is 34.1 Å². The van der Waals surface area contributed by atoms with Crippen molar-refractivity contribution in [2.45, 2.75) is 19.5 Å². The van der Waals surface area contributed by atoms with Crippen molar-refractivity contribution < 1.29 is 27.6 Å². The van der Waals surface area contributed by atoms with E-state index in [1.807, 2.05) is 0 Å². The van der Waals surface area contributed by atoms with Crippen molar-refractivity contribution in [3.8, 4) is 0 Å². The van der Waals surface area contributed by atoms with Crippen molar-refractivity contribution in [1.82, 2.24) is 4.98 Å². The number of thiazole rings is 1. The van der Waals surface area contributed by atoms with E-state index in [1.54, 1.807) is 12.1 Å². The lowest BCUT2D eigenvalue weighted by Crippen LogP contribution is -2.29. The number of carbonyl (C=O) groups excluding carboxylic acids is 3. The molecule has 3 rings (SSSR count). The first-order valence-corrected chi connectivity index (χ1v) is 7.66. The van der Waals surface area contributed by atoms with E-state index in [0.29, 0.717) is 4.90 Å². The third-order valence-corrected chi connectivity index (χ3v) is 4.53. The van der Waals surface area contributed by atoms with E-state index in [-0.39, 0.29) is 28.9 Å². The van der Waals surface area contributed by atoms with Crippen molar-refractivity contribution in [3.05, 3.63) is 46.0 Å². The molecule has 124 valence electrons. The molecule has 9 heteroatoms. The van der Waals surface area contributed by atoms with Gasteiger partial charge in [0.2, 0.25) is 5.13 Å². The van der Waals surface area contributed by atoms with Crippen LogP contribution in [0.4, 0.5) is 18.3 Å². The zero-order valence-corrected chi connectivity index (χ0v) is 13.0. The molecule has 1 aromatic heterocycles. The zero-order valence-electron chi connectivity index (χ0n) is 12.2. The number of ketones is 1. The van der Waals surface area contributed by atoms with Gasteiger partial charge in [-0.25, -0.2) is 9.88 Å². The fraction of sp³-hybridized carbons (Fsp3) is 0.200. The Bertz CT molecular complexity index is 838. The Balaban J connectivity index is 2.12. The second-order valence-corrected chi connectivity index (χ2v) is 5.92. The molecule has 0 bridgehead atoms. The molecule has 0 N–H and O–H groups in total. The fourth-order valence-electron chi connectivity index (χ4n) is 2.32. The number of benzene rings is 1. The van der Waals surface area contributed by atoms with Gasteiger partial charge < -0.3 is 0 Å². The van der Waals surface area contributed by atoms with Crippen LogP contribution in [0.2, 0.25) is 0 Å². The number of hydrogen-bond donors (Lipinski definition) is 0. The number of rotatable bonds is 3. The van der Waals surface area contributed by atoms with Crippen LogP contribution >= 0.6 is 11.3 Å². The van der Waals surface area contributed by atoms with E-state index in [1.165, 1.54) is 19.1 Å². The average Bonchev–Trinajstić information content (AvgIpc) is 3.08. The lowest BCUT2D eigenvalue weighted by atomic mass is 10.1. The standard InChI is InChI=1S/C15H9F3N2O3S/c1-2-9(21)10-11(15(16,17)18)24-14(19-10)20-12(22)7-5-3-4-6-8(7)13(20)23/h3-6H,2H2,1H3. The number of imide groups is 1. The molecule has 2 aromatic rings. The minimum Gasteiger partial charge on any atom is -0.292 e. The van der Waals surface area contributed by atoms with Gasteiger partial charge in [-0.15, -0.1) is 0 Å². The normalized spacial score (nSPS) is 14.2. The smallest absolute Gasteiger partial charge is 0.292 e. The highest BCUT2D eigenvalue weighted by atomic mass is 32.1. The Morgan fingerprint density at radius 1 is 1.17 bits per heavy atom. The minimum absolute atomic E-state index is 0.0922. The zero-order chi connectivity index (χ0) is 17.6. The summed E-state index contributed by atoms with van der Waals surface area (Å²) < 4.78 is 39.4. The number of Topliss-reactive ketones (excluding diaryl/α,β-unsaturated/α-hetero) is 1. The molecule has 0 saturated heterocycles. The molecule has 2 heterocycles. The third-order valence-electron chi connectivity index (χ3n) is 3.44. The topological polar surface area (TPSA) is 67.3 Å². The summed E-state index contributed by atoms with van der Waals surface area (Å²) in [5.41, 5.74) is -0.578. The average molecular weight is 354 g/mol. The SMILES string of the molecule is CCC(=O)c1nc(N2C(=O)c3ccccc3C2=O)sc1C(F)(F)F. The summed E-state index contributed by atoms with van der Waals surface area (Å²) in [6, 6.07) is 5.91. The first-order chi connectivity index (χ1) is 11.3. The molecule has 0 fully saturated rings. The van der Waals surface area contributed by atoms with Crippen LogP contribution in [0.15, 0.2) is 24.3 Å². The number of hydrogen-bond acceptors (Lipinski definition) is 5. The predicted molar refractivity (Wildman–Crippen MR) is 79.3 cm³/mol. The molecule has 0 atom stereocenters. The summed E-state index contributed by atoms with van der Waals surface area (Å²) in [6.45, 7) is 1.41. The van der Waals surface area contributed by atoms with Crippen LogP contribution in [-0.4, -0.2) is 22.6 Å². The highest BCUT2D eigenvalue weighted by Crippen LogP contribution is 2.41. The Hall–Kier alpha value is -2.55. The van der Waals surface area contributed by atoms with Crippen LogP contribution in [-0.2, 0) is 6.18 Å². The van der Waals surface area contributed by atoms with Crippen LogP contribution in [0.5, 0.6) is 0 Å². The largest absolute Gasteiger partial charge is 0.427 e. The van der Waals surface area contributed by atoms with Gasteiger partial charge in [-0.2, -0.15) is 13.2 Å². The number of amides is 2. The molecule has 5 nitrogen and oxygen atoms in total. The summed E-state index contributed by atoms with van der Waals surface area (Å²) in [4.78, 5) is 39.4. The monoisotopic (exact) mass is 354 g/mol. The van der Waals surface area contributed by atoms with Crippen LogP contribution < -0.4 is 4.90 Å². The second-order valence-electron chi connectivity index (χ2n) is 4.94. The van der Waals surface area contributed by atoms with Crippen molar-refractivity contribution in [2.75, 3.05) is 4.90 Å². The summed E-state index contributed by atoms with van der Waals surface area (Å²) in [5, 5.41) is -0.453. The molecule has 0 saturated carbocycles. The number of nitrogens with zero attached hydrogens (tertiary/aromatic N) is 2. The van der Waals surface area contributed by atoms with Crippen LogP contribution in [0.1, 0.15) is 49.4 Å². The van der Waals surface area contributed by atoms with Gasteiger partial charge in [-0.05, 0) is 12.1 Å². The highest BCUT2D eigenvalue weighted by Gasteiger charge is 2.43. The maximum absolute atomic E-state index is 13.1. The summed E-state index contributed by atoms with van der Waals surface area (Å²) in [5.74, 6) is -2.32. The Morgan fingerprint density at radius 2 is 1.71 bits per heavy atom. The van der Waals surface area contributed by atoms with Crippen LogP contribution in [0, 0.1) is 0 Å². The lowest BCUT2D eigenvalue weighted by Gasteiger charge is -2.08. The third kappa shape index (κ3) is 2.41. The molecule has 0 radical (unpaired) electrons. The number of carbonyl (C=O) groups is 3. The van der Waals surface area contributed by atoms with E-state index in [4.69, 9.17) is 0 Å². The number of halogens is 3. The minimum atomic E-state index is -4.80. The molecule has 1 aliphatic rings. The summed E-state index contributed by atoms with van der Waals surface area (Å²) in [7, 11) is 0. The van der Waals surface area contributed by atoms with Crippen molar-refractivity contribution in [1.29, 1.82) is 0 Å². The molecule has 24 heavy (non-hydrogen) atoms. The Labute approximate surface area is 137 Å². The molecule has 1 aromatic carbocycles. The summed E-state index contributed by atoms with van der Waals surface area (Å²) >= 11 is 0.113. The van der Waals surface area contributed by atoms with Crippen LogP contribution in [0.25, 0.3) is 0 Å². The van der Waals surface area contributed by atoms with Gasteiger partial charge in [-0.1, -0.05) is 30.4 Å². The van der Waals surface area contributed by atoms with Gasteiger partial charge in [0.15, 0.2) is 5.78 Å². The molecule has 0 aliphatic carbocycles. The fourth-order valence-corrected chi connectivity index (χ4v) is 3.26. The van der Waals surface area contributed by atoms with Crippen molar-refractivity contribution in [3.63, 3.8) is 0 Å². The van der Waals surface area contributed by atoms with E-state index >= 15 is 0 Å². The first kappa shape index (κ1) is 16.3. The second kappa shape index (κ2) is 5.52. The van der Waals surface area contributed by atoms with Gasteiger partial charge in [0.25, 0.3) is 11.8 Å². The maximum Gasteiger partial charge on any atom is 0.427 e. The van der Waals surface area contributed by atoms with E-state index in [0.717, 1.165) is 0 Å². The number of fused-ring (bicyclic) bond motifs is 1. The predicted octanol–water partition coefficient (Wildman–Crippen LogP) is 3.56. The van der Waals surface area contributed by atoms with Gasteiger partial charge >= 0.3 is 6.18 Å². The van der Waals surface area contributed by atoms with E-state index < -0.39 is 39.5 Å². The van der Waals surface area contributed by atoms with Gasteiger partial charge in [0.05, 0.1) is 11.1 Å². The Morgan fingerprint density at radius 3 is 2.17 bits per heavy atom. The molecule has 0 spiro atoms. The van der Waals surface area contributed by atoms with Crippen LogP contribution in [0.3, 0.4) is 0 Å². The highest BCUT2D eigenvalue weighted by molar-refractivity contribution is 7.16. The summed E-state index contributed by atoms with van der Waals surface area (Å²) in [6.07, 6.45) is -4.97.